The lowest BCUT2D eigenvalue weighted by Crippen LogP contribution is -2.37. The molecule has 1 aliphatic rings. The summed E-state index contributed by atoms with van der Waals surface area (Å²) in [5, 5.41) is 12.1. The first-order valence-electron chi connectivity index (χ1n) is 8.77. The quantitative estimate of drug-likeness (QED) is 0.855. The normalized spacial score (nSPS) is 19.0. The molecule has 1 aliphatic heterocycles. The van der Waals surface area contributed by atoms with E-state index in [-0.39, 0.29) is 12.6 Å². The molecule has 7 heteroatoms. The SMILES string of the molecule is Cc1ccnc(Oc2cc(NC(=O)N3CCC(C)(C(=O)O)C3)ccc2C)c1. The third kappa shape index (κ3) is 4.19. The number of carboxylic acids is 1. The van der Waals surface area contributed by atoms with Crippen LogP contribution in [0, 0.1) is 19.3 Å². The standard InChI is InChI=1S/C20H23N3O4/c1-13-6-8-21-17(10-13)27-16-11-15(5-4-14(16)2)22-19(26)23-9-7-20(3,12-23)18(24)25/h4-6,8,10-11H,7,9,12H2,1-3H3,(H,22,26)(H,24,25). The molecule has 0 bridgehead atoms. The lowest BCUT2D eigenvalue weighted by atomic mass is 9.90. The molecule has 1 atom stereocenters. The first-order valence-corrected chi connectivity index (χ1v) is 8.77. The van der Waals surface area contributed by atoms with Gasteiger partial charge in [-0.2, -0.15) is 0 Å². The number of benzene rings is 1. The molecule has 1 saturated heterocycles. The van der Waals surface area contributed by atoms with Crippen LogP contribution in [0.3, 0.4) is 0 Å². The Balaban J connectivity index is 1.71. The molecule has 0 radical (unpaired) electrons. The van der Waals surface area contributed by atoms with E-state index in [0.717, 1.165) is 11.1 Å². The first kappa shape index (κ1) is 18.7. The molecule has 3 rings (SSSR count). The third-order valence-corrected chi connectivity index (χ3v) is 4.82. The van der Waals surface area contributed by atoms with Gasteiger partial charge >= 0.3 is 12.0 Å². The van der Waals surface area contributed by atoms with Crippen molar-refractivity contribution in [3.63, 3.8) is 0 Å². The molecule has 27 heavy (non-hydrogen) atoms. The molecule has 2 amide bonds. The lowest BCUT2D eigenvalue weighted by Gasteiger charge is -2.21. The summed E-state index contributed by atoms with van der Waals surface area (Å²) in [7, 11) is 0. The van der Waals surface area contributed by atoms with Gasteiger partial charge in [-0.05, 0) is 50.5 Å². The van der Waals surface area contributed by atoms with Gasteiger partial charge in [0.15, 0.2) is 0 Å². The monoisotopic (exact) mass is 369 g/mol. The minimum atomic E-state index is -0.893. The largest absolute Gasteiger partial charge is 0.481 e. The number of aryl methyl sites for hydroxylation is 2. The van der Waals surface area contributed by atoms with E-state index in [4.69, 9.17) is 4.74 Å². The zero-order valence-electron chi connectivity index (χ0n) is 15.7. The topological polar surface area (TPSA) is 91.8 Å². The number of aliphatic carboxylic acids is 1. The number of carbonyl (C=O) groups excluding carboxylic acids is 1. The van der Waals surface area contributed by atoms with E-state index < -0.39 is 11.4 Å². The van der Waals surface area contributed by atoms with Gasteiger partial charge < -0.3 is 20.1 Å². The number of anilines is 1. The maximum atomic E-state index is 12.5. The number of carboxylic acid groups (broad SMARTS) is 1. The Morgan fingerprint density at radius 1 is 1.26 bits per heavy atom. The molecule has 142 valence electrons. The van der Waals surface area contributed by atoms with Crippen molar-refractivity contribution in [2.75, 3.05) is 18.4 Å². The number of hydrogen-bond donors (Lipinski definition) is 2. The first-order chi connectivity index (χ1) is 12.8. The molecule has 1 aromatic carbocycles. The van der Waals surface area contributed by atoms with E-state index in [1.165, 1.54) is 4.90 Å². The zero-order valence-corrected chi connectivity index (χ0v) is 15.7. The molecule has 2 N–H and O–H groups in total. The molecule has 1 fully saturated rings. The molecule has 7 nitrogen and oxygen atoms in total. The summed E-state index contributed by atoms with van der Waals surface area (Å²) in [6.45, 7) is 6.14. The highest BCUT2D eigenvalue weighted by Gasteiger charge is 2.42. The second-order valence-electron chi connectivity index (χ2n) is 7.22. The Bertz CT molecular complexity index is 883. The Hall–Kier alpha value is -3.09. The number of amides is 2. The van der Waals surface area contributed by atoms with Crippen LogP contribution < -0.4 is 10.1 Å². The van der Waals surface area contributed by atoms with Crippen molar-refractivity contribution in [1.29, 1.82) is 0 Å². The number of nitrogens with one attached hydrogen (secondary N) is 1. The van der Waals surface area contributed by atoms with Crippen LogP contribution in [-0.4, -0.2) is 40.1 Å². The predicted molar refractivity (Wildman–Crippen MR) is 101 cm³/mol. The highest BCUT2D eigenvalue weighted by molar-refractivity contribution is 5.90. The van der Waals surface area contributed by atoms with E-state index in [1.54, 1.807) is 25.3 Å². The zero-order chi connectivity index (χ0) is 19.6. The van der Waals surface area contributed by atoms with Crippen molar-refractivity contribution in [1.82, 2.24) is 9.88 Å². The van der Waals surface area contributed by atoms with Crippen LogP contribution in [0.2, 0.25) is 0 Å². The van der Waals surface area contributed by atoms with E-state index in [1.807, 2.05) is 32.0 Å². The number of rotatable bonds is 4. The average Bonchev–Trinajstić information content (AvgIpc) is 3.02. The smallest absolute Gasteiger partial charge is 0.321 e. The van der Waals surface area contributed by atoms with Crippen LogP contribution in [0.1, 0.15) is 24.5 Å². The minimum Gasteiger partial charge on any atom is -0.481 e. The van der Waals surface area contributed by atoms with Crippen molar-refractivity contribution in [3.8, 4) is 11.6 Å². The number of urea groups is 1. The lowest BCUT2D eigenvalue weighted by molar-refractivity contribution is -0.146. The van der Waals surface area contributed by atoms with Crippen molar-refractivity contribution in [2.24, 2.45) is 5.41 Å². The summed E-state index contributed by atoms with van der Waals surface area (Å²) in [5.74, 6) is 0.204. The fourth-order valence-electron chi connectivity index (χ4n) is 2.98. The summed E-state index contributed by atoms with van der Waals surface area (Å²) >= 11 is 0. The number of ether oxygens (including phenoxy) is 1. The van der Waals surface area contributed by atoms with E-state index in [2.05, 4.69) is 10.3 Å². The summed E-state index contributed by atoms with van der Waals surface area (Å²) in [5.41, 5.74) is 1.64. The highest BCUT2D eigenvalue weighted by atomic mass is 16.5. The van der Waals surface area contributed by atoms with Gasteiger partial charge in [-0.25, -0.2) is 9.78 Å². The van der Waals surface area contributed by atoms with Crippen molar-refractivity contribution >= 4 is 17.7 Å². The third-order valence-electron chi connectivity index (χ3n) is 4.82. The number of aromatic nitrogens is 1. The Morgan fingerprint density at radius 3 is 2.70 bits per heavy atom. The molecule has 1 unspecified atom stereocenters. The van der Waals surface area contributed by atoms with Crippen molar-refractivity contribution < 1.29 is 19.4 Å². The van der Waals surface area contributed by atoms with Crippen LogP contribution >= 0.6 is 0 Å². The summed E-state index contributed by atoms with van der Waals surface area (Å²) in [4.78, 5) is 29.6. The number of nitrogens with zero attached hydrogens (tertiary/aromatic N) is 2. The van der Waals surface area contributed by atoms with Gasteiger partial charge in [0.25, 0.3) is 0 Å². The predicted octanol–water partition coefficient (Wildman–Crippen LogP) is 3.82. The van der Waals surface area contributed by atoms with Gasteiger partial charge in [0, 0.05) is 37.1 Å². The molecule has 1 aromatic heterocycles. The molecule has 2 heterocycles. The van der Waals surface area contributed by atoms with E-state index in [0.29, 0.717) is 30.3 Å². The van der Waals surface area contributed by atoms with Gasteiger partial charge in [0.05, 0.1) is 5.41 Å². The van der Waals surface area contributed by atoms with Gasteiger partial charge in [-0.15, -0.1) is 0 Å². The number of carbonyl (C=O) groups is 2. The maximum Gasteiger partial charge on any atom is 0.321 e. The fourth-order valence-corrected chi connectivity index (χ4v) is 2.98. The average molecular weight is 369 g/mol. The van der Waals surface area contributed by atoms with Crippen LogP contribution in [0.4, 0.5) is 10.5 Å². The number of pyridine rings is 1. The van der Waals surface area contributed by atoms with Crippen molar-refractivity contribution in [3.05, 3.63) is 47.7 Å². The highest BCUT2D eigenvalue weighted by Crippen LogP contribution is 2.31. The van der Waals surface area contributed by atoms with Crippen LogP contribution in [0.25, 0.3) is 0 Å². The maximum absolute atomic E-state index is 12.5. The number of likely N-dealkylation sites (tertiary alicyclic amines) is 1. The summed E-state index contributed by atoms with van der Waals surface area (Å²) < 4.78 is 5.85. The molecule has 0 saturated carbocycles. The minimum absolute atomic E-state index is 0.191. The Morgan fingerprint density at radius 2 is 2.04 bits per heavy atom. The van der Waals surface area contributed by atoms with Crippen LogP contribution in [0.15, 0.2) is 36.5 Å². The molecule has 0 spiro atoms. The summed E-state index contributed by atoms with van der Waals surface area (Å²) in [6.07, 6.45) is 2.12. The molecular weight excluding hydrogens is 346 g/mol. The van der Waals surface area contributed by atoms with E-state index >= 15 is 0 Å². The fraction of sp³-hybridized carbons (Fsp3) is 0.350. The second kappa shape index (κ2) is 7.26. The van der Waals surface area contributed by atoms with Crippen molar-refractivity contribution in [2.45, 2.75) is 27.2 Å². The molecule has 0 aliphatic carbocycles. The van der Waals surface area contributed by atoms with E-state index in [9.17, 15) is 14.7 Å². The van der Waals surface area contributed by atoms with Gasteiger partial charge in [0.2, 0.25) is 5.88 Å². The second-order valence-corrected chi connectivity index (χ2v) is 7.22. The molecular formula is C20H23N3O4. The number of hydrogen-bond acceptors (Lipinski definition) is 4. The van der Waals surface area contributed by atoms with Gasteiger partial charge in [-0.1, -0.05) is 6.07 Å². The molecule has 2 aromatic rings. The van der Waals surface area contributed by atoms with Gasteiger partial charge in [0.1, 0.15) is 5.75 Å². The van der Waals surface area contributed by atoms with Crippen LogP contribution in [0.5, 0.6) is 11.6 Å². The Labute approximate surface area is 158 Å². The van der Waals surface area contributed by atoms with Gasteiger partial charge in [-0.3, -0.25) is 4.79 Å². The van der Waals surface area contributed by atoms with Crippen LogP contribution in [-0.2, 0) is 4.79 Å². The summed E-state index contributed by atoms with van der Waals surface area (Å²) in [6, 6.07) is 8.79. The Kier molecular flexibility index (Phi) is 5.03.